The van der Waals surface area contributed by atoms with E-state index in [0.29, 0.717) is 0 Å². The van der Waals surface area contributed by atoms with Gasteiger partial charge in [0.25, 0.3) is 5.91 Å². The van der Waals surface area contributed by atoms with E-state index in [0.717, 1.165) is 54.8 Å². The van der Waals surface area contributed by atoms with Crippen LogP contribution < -0.4 is 5.32 Å². The minimum Gasteiger partial charge on any atom is -0.440 e. The van der Waals surface area contributed by atoms with Crippen molar-refractivity contribution in [1.29, 1.82) is 0 Å². The third kappa shape index (κ3) is 4.57. The Hall–Kier alpha value is -1.60. The van der Waals surface area contributed by atoms with Gasteiger partial charge in [-0.2, -0.15) is 0 Å². The van der Waals surface area contributed by atoms with Crippen molar-refractivity contribution in [2.45, 2.75) is 49.2 Å². The normalized spacial score (nSPS) is 17.0. The topological polar surface area (TPSA) is 76.4 Å². The van der Waals surface area contributed by atoms with Crippen molar-refractivity contribution in [3.05, 3.63) is 52.2 Å². The number of rotatable bonds is 5. The first-order valence-electron chi connectivity index (χ1n) is 8.64. The Morgan fingerprint density at radius 1 is 1.12 bits per heavy atom. The molecule has 0 aliphatic heterocycles. The lowest BCUT2D eigenvalue weighted by molar-refractivity contribution is 0.0834. The number of hydrogen-bond acceptors (Lipinski definition) is 4. The standard InChI is InChI=1S/C19H22BrNO4S/c1-26(23,24)17-10-9-16(25-17)18(22)21-19(11-3-2-4-12-19)13-14-5-7-15(20)8-6-14/h5-10H,2-4,11-13H2,1H3,(H,21,22). The molecule has 1 amide bonds. The first-order chi connectivity index (χ1) is 12.3. The quantitative estimate of drug-likeness (QED) is 0.759. The van der Waals surface area contributed by atoms with Gasteiger partial charge in [-0.3, -0.25) is 4.79 Å². The molecule has 1 saturated carbocycles. The molecule has 0 saturated heterocycles. The summed E-state index contributed by atoms with van der Waals surface area (Å²) in [6, 6.07) is 10.9. The molecule has 1 N–H and O–H groups in total. The smallest absolute Gasteiger partial charge is 0.287 e. The maximum absolute atomic E-state index is 12.7. The van der Waals surface area contributed by atoms with Crippen LogP contribution in [-0.2, 0) is 16.3 Å². The second-order valence-corrected chi connectivity index (χ2v) is 9.85. The van der Waals surface area contributed by atoms with Gasteiger partial charge in [-0.05, 0) is 49.1 Å². The molecule has 1 aliphatic carbocycles. The van der Waals surface area contributed by atoms with Crippen LogP contribution in [0.15, 0.2) is 50.4 Å². The Labute approximate surface area is 162 Å². The van der Waals surface area contributed by atoms with Gasteiger partial charge in [-0.1, -0.05) is 47.3 Å². The second kappa shape index (κ2) is 7.56. The third-order valence-corrected chi connectivity index (χ3v) is 6.29. The Kier molecular flexibility index (Phi) is 5.58. The van der Waals surface area contributed by atoms with Crippen LogP contribution in [0.2, 0.25) is 0 Å². The van der Waals surface area contributed by atoms with Crippen LogP contribution in [0.5, 0.6) is 0 Å². The van der Waals surface area contributed by atoms with Crippen molar-refractivity contribution in [2.24, 2.45) is 0 Å². The molecule has 1 aromatic heterocycles. The van der Waals surface area contributed by atoms with Gasteiger partial charge in [0.05, 0.1) is 0 Å². The molecule has 7 heteroatoms. The summed E-state index contributed by atoms with van der Waals surface area (Å²) >= 11 is 3.44. The van der Waals surface area contributed by atoms with E-state index in [2.05, 4.69) is 33.4 Å². The number of carbonyl (C=O) groups is 1. The number of sulfone groups is 1. The highest BCUT2D eigenvalue weighted by atomic mass is 79.9. The van der Waals surface area contributed by atoms with Gasteiger partial charge >= 0.3 is 0 Å². The lowest BCUT2D eigenvalue weighted by atomic mass is 9.77. The number of carbonyl (C=O) groups excluding carboxylic acids is 1. The molecule has 1 heterocycles. The molecular formula is C19H22BrNO4S. The maximum Gasteiger partial charge on any atom is 0.287 e. The number of hydrogen-bond donors (Lipinski definition) is 1. The van der Waals surface area contributed by atoms with E-state index in [1.165, 1.54) is 12.1 Å². The molecule has 1 aliphatic rings. The summed E-state index contributed by atoms with van der Waals surface area (Å²) in [5.74, 6) is -0.329. The summed E-state index contributed by atoms with van der Waals surface area (Å²) in [6.07, 6.45) is 6.88. The molecule has 5 nitrogen and oxygen atoms in total. The molecule has 0 atom stereocenters. The maximum atomic E-state index is 12.7. The molecule has 140 valence electrons. The Morgan fingerprint density at radius 2 is 1.77 bits per heavy atom. The summed E-state index contributed by atoms with van der Waals surface area (Å²) in [5.41, 5.74) is 0.827. The highest BCUT2D eigenvalue weighted by Crippen LogP contribution is 2.32. The van der Waals surface area contributed by atoms with Gasteiger partial charge < -0.3 is 9.73 Å². The van der Waals surface area contributed by atoms with Crippen LogP contribution >= 0.6 is 15.9 Å². The first-order valence-corrected chi connectivity index (χ1v) is 11.3. The Balaban J connectivity index is 1.80. The number of halogens is 1. The molecular weight excluding hydrogens is 418 g/mol. The summed E-state index contributed by atoms with van der Waals surface area (Å²) in [6.45, 7) is 0. The summed E-state index contributed by atoms with van der Waals surface area (Å²) in [7, 11) is -3.47. The van der Waals surface area contributed by atoms with Crippen LogP contribution in [0.1, 0.15) is 48.2 Å². The lowest BCUT2D eigenvalue weighted by Crippen LogP contribution is -2.51. The molecule has 0 radical (unpaired) electrons. The highest BCUT2D eigenvalue weighted by molar-refractivity contribution is 9.10. The molecule has 3 rings (SSSR count). The predicted octanol–water partition coefficient (Wildman–Crippen LogP) is 4.12. The van der Waals surface area contributed by atoms with Crippen molar-refractivity contribution in [3.63, 3.8) is 0 Å². The van der Waals surface area contributed by atoms with E-state index in [9.17, 15) is 13.2 Å². The zero-order valence-corrected chi connectivity index (χ0v) is 17.0. The highest BCUT2D eigenvalue weighted by Gasteiger charge is 2.35. The molecule has 1 fully saturated rings. The van der Waals surface area contributed by atoms with Gasteiger partial charge in [0.2, 0.25) is 14.9 Å². The Morgan fingerprint density at radius 3 is 2.35 bits per heavy atom. The fraction of sp³-hybridized carbons (Fsp3) is 0.421. The van der Waals surface area contributed by atoms with E-state index >= 15 is 0 Å². The second-order valence-electron chi connectivity index (χ2n) is 6.99. The van der Waals surface area contributed by atoms with Gasteiger partial charge in [0.15, 0.2) is 5.76 Å². The van der Waals surface area contributed by atoms with Gasteiger partial charge in [-0.25, -0.2) is 8.42 Å². The van der Waals surface area contributed by atoms with Crippen molar-refractivity contribution in [2.75, 3.05) is 6.26 Å². The number of nitrogens with one attached hydrogen (secondary N) is 1. The monoisotopic (exact) mass is 439 g/mol. The van der Waals surface area contributed by atoms with E-state index in [1.54, 1.807) is 0 Å². The summed E-state index contributed by atoms with van der Waals surface area (Å²) < 4.78 is 29.4. The van der Waals surface area contributed by atoms with E-state index in [1.807, 2.05) is 12.1 Å². The molecule has 0 spiro atoms. The average Bonchev–Trinajstić information content (AvgIpc) is 3.08. The summed E-state index contributed by atoms with van der Waals surface area (Å²) in [4.78, 5) is 12.7. The number of benzene rings is 1. The fourth-order valence-corrected chi connectivity index (χ4v) is 4.33. The third-order valence-electron chi connectivity index (χ3n) is 4.82. The van der Waals surface area contributed by atoms with Crippen LogP contribution in [0.25, 0.3) is 0 Å². The average molecular weight is 440 g/mol. The predicted molar refractivity (Wildman–Crippen MR) is 103 cm³/mol. The molecule has 0 unspecified atom stereocenters. The zero-order chi connectivity index (χ0) is 18.8. The molecule has 26 heavy (non-hydrogen) atoms. The van der Waals surface area contributed by atoms with E-state index in [4.69, 9.17) is 4.42 Å². The van der Waals surface area contributed by atoms with Crippen LogP contribution in [-0.4, -0.2) is 26.1 Å². The van der Waals surface area contributed by atoms with Gasteiger partial charge in [0, 0.05) is 16.3 Å². The largest absolute Gasteiger partial charge is 0.440 e. The summed E-state index contributed by atoms with van der Waals surface area (Å²) in [5, 5.41) is 2.95. The van der Waals surface area contributed by atoms with Gasteiger partial charge in [-0.15, -0.1) is 0 Å². The van der Waals surface area contributed by atoms with Crippen molar-refractivity contribution >= 4 is 31.7 Å². The molecule has 1 aromatic carbocycles. The van der Waals surface area contributed by atoms with Crippen LogP contribution in [0.4, 0.5) is 0 Å². The fourth-order valence-electron chi connectivity index (χ4n) is 3.51. The molecule has 0 bridgehead atoms. The SMILES string of the molecule is CS(=O)(=O)c1ccc(C(=O)NC2(Cc3ccc(Br)cc3)CCCCC2)o1. The molecule has 2 aromatic rings. The van der Waals surface area contributed by atoms with E-state index < -0.39 is 9.84 Å². The minimum atomic E-state index is -3.47. The number of amides is 1. The Bertz CT molecular complexity index is 881. The van der Waals surface area contributed by atoms with Crippen molar-refractivity contribution in [3.8, 4) is 0 Å². The zero-order valence-electron chi connectivity index (χ0n) is 14.6. The van der Waals surface area contributed by atoms with Crippen LogP contribution in [0, 0.1) is 0 Å². The van der Waals surface area contributed by atoms with Crippen LogP contribution in [0.3, 0.4) is 0 Å². The minimum absolute atomic E-state index is 0.0335. The van der Waals surface area contributed by atoms with E-state index in [-0.39, 0.29) is 22.3 Å². The van der Waals surface area contributed by atoms with Crippen molar-refractivity contribution < 1.29 is 17.6 Å². The number of furan rings is 1. The van der Waals surface area contributed by atoms with Crippen molar-refractivity contribution in [1.82, 2.24) is 5.32 Å². The lowest BCUT2D eigenvalue weighted by Gasteiger charge is -2.38. The first kappa shape index (κ1) is 19.2. The van der Waals surface area contributed by atoms with Gasteiger partial charge in [0.1, 0.15) is 0 Å².